The summed E-state index contributed by atoms with van der Waals surface area (Å²) < 4.78 is 31.6. The summed E-state index contributed by atoms with van der Waals surface area (Å²) in [6.45, 7) is 6.58. The molecular formula is C21H26N2O4S. The SMILES string of the molecule is CCS(=O)(=O)Nc1cccc(-c2cc(C)c3c(c2)CN(CC(C)OC)C3=O)c1. The first kappa shape index (κ1) is 20.4. The zero-order valence-electron chi connectivity index (χ0n) is 16.7. The largest absolute Gasteiger partial charge is 0.380 e. The summed E-state index contributed by atoms with van der Waals surface area (Å²) in [4.78, 5) is 14.6. The van der Waals surface area contributed by atoms with Gasteiger partial charge in [0.05, 0.1) is 11.9 Å². The molecule has 6 nitrogen and oxygen atoms in total. The number of anilines is 1. The molecule has 2 aromatic carbocycles. The van der Waals surface area contributed by atoms with Gasteiger partial charge in [0, 0.05) is 31.5 Å². The number of carbonyl (C=O) groups excluding carboxylic acids is 1. The molecule has 0 saturated heterocycles. The number of aryl methyl sites for hydroxylation is 1. The zero-order chi connectivity index (χ0) is 20.5. The lowest BCUT2D eigenvalue weighted by Crippen LogP contribution is -2.32. The molecule has 0 aliphatic carbocycles. The smallest absolute Gasteiger partial charge is 0.254 e. The van der Waals surface area contributed by atoms with Gasteiger partial charge >= 0.3 is 0 Å². The highest BCUT2D eigenvalue weighted by Gasteiger charge is 2.30. The van der Waals surface area contributed by atoms with E-state index in [9.17, 15) is 13.2 Å². The summed E-state index contributed by atoms with van der Waals surface area (Å²) in [7, 11) is -1.69. The van der Waals surface area contributed by atoms with Crippen LogP contribution in [0.4, 0.5) is 5.69 Å². The van der Waals surface area contributed by atoms with E-state index >= 15 is 0 Å². The summed E-state index contributed by atoms with van der Waals surface area (Å²) in [6.07, 6.45) is -0.0266. The summed E-state index contributed by atoms with van der Waals surface area (Å²) in [5.41, 5.74) is 5.06. The number of nitrogens with one attached hydrogen (secondary N) is 1. The molecule has 0 bridgehead atoms. The van der Waals surface area contributed by atoms with Crippen LogP contribution in [0.3, 0.4) is 0 Å². The molecule has 1 aliphatic heterocycles. The number of sulfonamides is 1. The predicted molar refractivity (Wildman–Crippen MR) is 111 cm³/mol. The third-order valence-corrected chi connectivity index (χ3v) is 6.32. The Balaban J connectivity index is 1.92. The van der Waals surface area contributed by atoms with E-state index in [1.54, 1.807) is 25.0 Å². The molecule has 0 spiro atoms. The number of nitrogens with zero attached hydrogens (tertiary/aromatic N) is 1. The number of hydrogen-bond acceptors (Lipinski definition) is 4. The summed E-state index contributed by atoms with van der Waals surface area (Å²) in [6, 6.07) is 11.3. The Kier molecular flexibility index (Phi) is 5.76. The van der Waals surface area contributed by atoms with Crippen LogP contribution >= 0.6 is 0 Å². The maximum Gasteiger partial charge on any atom is 0.254 e. The first-order valence-corrected chi connectivity index (χ1v) is 11.0. The highest BCUT2D eigenvalue weighted by atomic mass is 32.2. The molecular weight excluding hydrogens is 376 g/mol. The van der Waals surface area contributed by atoms with Gasteiger partial charge in [-0.1, -0.05) is 18.2 Å². The van der Waals surface area contributed by atoms with Crippen molar-refractivity contribution in [2.75, 3.05) is 24.1 Å². The van der Waals surface area contributed by atoms with Gasteiger partial charge in [-0.3, -0.25) is 9.52 Å². The average molecular weight is 403 g/mol. The van der Waals surface area contributed by atoms with Gasteiger partial charge in [0.2, 0.25) is 10.0 Å². The fourth-order valence-electron chi connectivity index (χ4n) is 3.44. The molecule has 2 aromatic rings. The van der Waals surface area contributed by atoms with Gasteiger partial charge in [-0.05, 0) is 61.2 Å². The average Bonchev–Trinajstić information content (AvgIpc) is 2.97. The van der Waals surface area contributed by atoms with Gasteiger partial charge in [-0.15, -0.1) is 0 Å². The van der Waals surface area contributed by atoms with Crippen molar-refractivity contribution in [1.29, 1.82) is 0 Å². The first-order chi connectivity index (χ1) is 13.2. The molecule has 1 atom stereocenters. The van der Waals surface area contributed by atoms with Gasteiger partial charge in [-0.25, -0.2) is 8.42 Å². The third-order valence-electron chi connectivity index (χ3n) is 5.01. The molecule has 150 valence electrons. The lowest BCUT2D eigenvalue weighted by molar-refractivity contribution is 0.0558. The number of methoxy groups -OCH3 is 1. The summed E-state index contributed by atoms with van der Waals surface area (Å²) >= 11 is 0. The van der Waals surface area contributed by atoms with Crippen LogP contribution in [0.2, 0.25) is 0 Å². The van der Waals surface area contributed by atoms with Crippen molar-refractivity contribution in [2.45, 2.75) is 33.4 Å². The Morgan fingerprint density at radius 2 is 1.96 bits per heavy atom. The quantitative estimate of drug-likeness (QED) is 0.770. The lowest BCUT2D eigenvalue weighted by Gasteiger charge is -2.19. The maximum atomic E-state index is 12.8. The Labute approximate surface area is 166 Å². The number of ether oxygens (including phenoxy) is 1. The lowest BCUT2D eigenvalue weighted by atomic mass is 9.96. The molecule has 7 heteroatoms. The Morgan fingerprint density at radius 1 is 1.21 bits per heavy atom. The van der Waals surface area contributed by atoms with Gasteiger partial charge in [-0.2, -0.15) is 0 Å². The zero-order valence-corrected chi connectivity index (χ0v) is 17.5. The minimum absolute atomic E-state index is 0.0209. The molecule has 1 unspecified atom stereocenters. The number of hydrogen-bond donors (Lipinski definition) is 1. The van der Waals surface area contributed by atoms with E-state index in [0.717, 1.165) is 27.8 Å². The second-order valence-corrected chi connectivity index (χ2v) is 9.16. The molecule has 0 saturated carbocycles. The third kappa shape index (κ3) is 4.20. The van der Waals surface area contributed by atoms with Crippen LogP contribution in [0.1, 0.15) is 35.3 Å². The highest BCUT2D eigenvalue weighted by Crippen LogP contribution is 2.32. The minimum atomic E-state index is -3.33. The van der Waals surface area contributed by atoms with Crippen LogP contribution in [0, 0.1) is 6.92 Å². The maximum absolute atomic E-state index is 12.8. The number of amides is 1. The Morgan fingerprint density at radius 3 is 2.64 bits per heavy atom. The second-order valence-electron chi connectivity index (χ2n) is 7.15. The molecule has 0 fully saturated rings. The van der Waals surface area contributed by atoms with Gasteiger partial charge in [0.1, 0.15) is 0 Å². The van der Waals surface area contributed by atoms with Crippen molar-refractivity contribution in [3.8, 4) is 11.1 Å². The fourth-order valence-corrected chi connectivity index (χ4v) is 4.07. The normalized spacial score (nSPS) is 14.9. The van der Waals surface area contributed by atoms with Crippen molar-refractivity contribution >= 4 is 21.6 Å². The van der Waals surface area contributed by atoms with Crippen molar-refractivity contribution in [3.63, 3.8) is 0 Å². The molecule has 1 aliphatic rings. The monoisotopic (exact) mass is 402 g/mol. The molecule has 0 radical (unpaired) electrons. The minimum Gasteiger partial charge on any atom is -0.380 e. The van der Waals surface area contributed by atoms with E-state index in [1.165, 1.54) is 0 Å². The van der Waals surface area contributed by atoms with Crippen LogP contribution in [-0.2, 0) is 21.3 Å². The Hall–Kier alpha value is -2.38. The molecule has 28 heavy (non-hydrogen) atoms. The van der Waals surface area contributed by atoms with E-state index < -0.39 is 10.0 Å². The van der Waals surface area contributed by atoms with Crippen LogP contribution in [0.15, 0.2) is 36.4 Å². The first-order valence-electron chi connectivity index (χ1n) is 9.30. The van der Waals surface area contributed by atoms with E-state index in [2.05, 4.69) is 4.72 Å². The standard InChI is InChI=1S/C21H26N2O4S/c1-5-28(25,26)22-19-8-6-7-16(11-19)17-9-14(2)20-18(10-17)13-23(21(20)24)12-15(3)27-4/h6-11,15,22H,5,12-13H2,1-4H3. The van der Waals surface area contributed by atoms with Crippen LogP contribution in [0.5, 0.6) is 0 Å². The van der Waals surface area contributed by atoms with Crippen molar-refractivity contribution < 1.29 is 17.9 Å². The number of carbonyl (C=O) groups is 1. The number of fused-ring (bicyclic) bond motifs is 1. The molecule has 3 rings (SSSR count). The van der Waals surface area contributed by atoms with Gasteiger partial charge < -0.3 is 9.64 Å². The van der Waals surface area contributed by atoms with E-state index in [0.29, 0.717) is 18.8 Å². The predicted octanol–water partition coefficient (Wildman–Crippen LogP) is 3.41. The van der Waals surface area contributed by atoms with Gasteiger partial charge in [0.25, 0.3) is 5.91 Å². The Bertz CT molecular complexity index is 1000. The van der Waals surface area contributed by atoms with E-state index in [1.807, 2.05) is 44.2 Å². The number of benzene rings is 2. The summed E-state index contributed by atoms with van der Waals surface area (Å²) in [5.74, 6) is 0.0555. The number of rotatable bonds is 7. The van der Waals surface area contributed by atoms with Crippen molar-refractivity contribution in [2.24, 2.45) is 0 Å². The second kappa shape index (κ2) is 7.93. The van der Waals surface area contributed by atoms with E-state index in [-0.39, 0.29) is 17.8 Å². The molecule has 1 amide bonds. The fraction of sp³-hybridized carbons (Fsp3) is 0.381. The van der Waals surface area contributed by atoms with E-state index in [4.69, 9.17) is 4.74 Å². The topological polar surface area (TPSA) is 75.7 Å². The summed E-state index contributed by atoms with van der Waals surface area (Å²) in [5, 5.41) is 0. The van der Waals surface area contributed by atoms with Crippen molar-refractivity contribution in [3.05, 3.63) is 53.1 Å². The van der Waals surface area contributed by atoms with Crippen LogP contribution in [-0.4, -0.2) is 44.7 Å². The molecule has 1 heterocycles. The van der Waals surface area contributed by atoms with Crippen LogP contribution in [0.25, 0.3) is 11.1 Å². The van der Waals surface area contributed by atoms with Gasteiger partial charge in [0.15, 0.2) is 0 Å². The van der Waals surface area contributed by atoms with Crippen LogP contribution < -0.4 is 4.72 Å². The van der Waals surface area contributed by atoms with Crippen molar-refractivity contribution in [1.82, 2.24) is 4.90 Å². The highest BCUT2D eigenvalue weighted by molar-refractivity contribution is 7.92. The molecule has 0 aromatic heterocycles. The molecule has 1 N–H and O–H groups in total.